The minimum atomic E-state index is -0.418. The summed E-state index contributed by atoms with van der Waals surface area (Å²) in [5.74, 6) is -0.418. The highest BCUT2D eigenvalue weighted by Gasteiger charge is 2.09. The average molecular weight is 301 g/mol. The summed E-state index contributed by atoms with van der Waals surface area (Å²) < 4.78 is 0.817. The summed E-state index contributed by atoms with van der Waals surface area (Å²) in [4.78, 5) is 32.3. The SMILES string of the molecule is O=C(Nc1ncc(Br)s1)c1c[nH]c(=O)cn1. The monoisotopic (exact) mass is 300 g/mol. The van der Waals surface area contributed by atoms with Crippen LogP contribution in [0.1, 0.15) is 10.5 Å². The van der Waals surface area contributed by atoms with Crippen molar-refractivity contribution in [2.45, 2.75) is 0 Å². The number of carbonyl (C=O) groups excluding carboxylic acids is 1. The highest BCUT2D eigenvalue weighted by Crippen LogP contribution is 2.23. The molecule has 2 heterocycles. The second kappa shape index (κ2) is 4.54. The number of nitrogens with zero attached hydrogens (tertiary/aromatic N) is 2. The molecule has 2 aromatic heterocycles. The average Bonchev–Trinajstić information content (AvgIpc) is 2.65. The van der Waals surface area contributed by atoms with Crippen molar-refractivity contribution in [2.75, 3.05) is 5.32 Å². The highest BCUT2D eigenvalue weighted by atomic mass is 79.9. The van der Waals surface area contributed by atoms with E-state index in [1.54, 1.807) is 6.20 Å². The van der Waals surface area contributed by atoms with Gasteiger partial charge in [-0.15, -0.1) is 0 Å². The van der Waals surface area contributed by atoms with Crippen molar-refractivity contribution in [2.24, 2.45) is 0 Å². The van der Waals surface area contributed by atoms with Crippen LogP contribution in [-0.4, -0.2) is 20.9 Å². The number of aromatic nitrogens is 3. The molecule has 0 bridgehead atoms. The standard InChI is InChI=1S/C8H5BrN4O2S/c9-5-2-12-8(16-5)13-7(15)4-1-11-6(14)3-10-4/h1-3H,(H,11,14)(H,12,13,15). The Bertz CT molecular complexity index is 559. The molecule has 1 amide bonds. The third-order valence-corrected chi connectivity index (χ3v) is 2.99. The van der Waals surface area contributed by atoms with E-state index in [1.807, 2.05) is 0 Å². The first kappa shape index (κ1) is 11.0. The fourth-order valence-corrected chi connectivity index (χ4v) is 2.04. The van der Waals surface area contributed by atoms with Crippen molar-refractivity contribution in [1.82, 2.24) is 15.0 Å². The maximum atomic E-state index is 11.6. The first-order valence-corrected chi connectivity index (χ1v) is 5.73. The van der Waals surface area contributed by atoms with Crippen molar-refractivity contribution in [3.8, 4) is 0 Å². The van der Waals surface area contributed by atoms with E-state index in [2.05, 4.69) is 36.2 Å². The summed E-state index contributed by atoms with van der Waals surface area (Å²) in [6.45, 7) is 0. The van der Waals surface area contributed by atoms with Gasteiger partial charge in [0.25, 0.3) is 11.5 Å². The fourth-order valence-electron chi connectivity index (χ4n) is 0.940. The predicted octanol–water partition coefficient (Wildman–Crippen LogP) is 1.24. The van der Waals surface area contributed by atoms with Gasteiger partial charge in [-0.05, 0) is 15.9 Å². The van der Waals surface area contributed by atoms with Crippen LogP contribution in [0.3, 0.4) is 0 Å². The van der Waals surface area contributed by atoms with E-state index in [-0.39, 0.29) is 11.3 Å². The van der Waals surface area contributed by atoms with Crippen molar-refractivity contribution in [3.05, 3.63) is 38.4 Å². The number of rotatable bonds is 2. The van der Waals surface area contributed by atoms with Crippen molar-refractivity contribution >= 4 is 38.3 Å². The number of hydrogen-bond donors (Lipinski definition) is 2. The molecule has 2 aromatic rings. The van der Waals surface area contributed by atoms with Gasteiger partial charge < -0.3 is 4.98 Å². The molecule has 0 unspecified atom stereocenters. The second-order valence-electron chi connectivity index (χ2n) is 2.72. The molecule has 16 heavy (non-hydrogen) atoms. The summed E-state index contributed by atoms with van der Waals surface area (Å²) in [7, 11) is 0. The van der Waals surface area contributed by atoms with Crippen LogP contribution in [0.5, 0.6) is 0 Å². The molecule has 0 fully saturated rings. The Labute approximate surface area is 102 Å². The number of hydrogen-bond acceptors (Lipinski definition) is 5. The van der Waals surface area contributed by atoms with Crippen molar-refractivity contribution in [1.29, 1.82) is 0 Å². The normalized spacial score (nSPS) is 10.1. The summed E-state index contributed by atoms with van der Waals surface area (Å²) >= 11 is 4.52. The molecule has 0 aliphatic heterocycles. The number of halogens is 1. The lowest BCUT2D eigenvalue weighted by atomic mass is 10.4. The van der Waals surface area contributed by atoms with Gasteiger partial charge in [0.15, 0.2) is 5.13 Å². The lowest BCUT2D eigenvalue weighted by Crippen LogP contribution is -2.16. The van der Waals surface area contributed by atoms with Gasteiger partial charge in [0.1, 0.15) is 5.69 Å². The van der Waals surface area contributed by atoms with E-state index in [4.69, 9.17) is 0 Å². The Morgan fingerprint density at radius 2 is 2.25 bits per heavy atom. The minimum absolute atomic E-state index is 0.130. The molecule has 2 N–H and O–H groups in total. The molecule has 0 aliphatic carbocycles. The second-order valence-corrected chi connectivity index (χ2v) is 5.13. The van der Waals surface area contributed by atoms with Crippen LogP contribution in [0.15, 0.2) is 27.2 Å². The molecule has 0 saturated heterocycles. The molecule has 6 nitrogen and oxygen atoms in total. The Hall–Kier alpha value is -1.54. The largest absolute Gasteiger partial charge is 0.325 e. The Morgan fingerprint density at radius 3 is 2.81 bits per heavy atom. The number of carbonyl (C=O) groups is 1. The Kier molecular flexibility index (Phi) is 3.11. The summed E-state index contributed by atoms with van der Waals surface area (Å²) in [5, 5.41) is 3.02. The summed E-state index contributed by atoms with van der Waals surface area (Å²) in [6.07, 6.45) is 3.88. The maximum absolute atomic E-state index is 11.6. The number of nitrogens with one attached hydrogen (secondary N) is 2. The number of thiazole rings is 1. The number of H-pyrrole nitrogens is 1. The van der Waals surface area contributed by atoms with E-state index < -0.39 is 5.91 Å². The highest BCUT2D eigenvalue weighted by molar-refractivity contribution is 9.11. The lowest BCUT2D eigenvalue weighted by molar-refractivity contribution is 0.102. The number of anilines is 1. The molecule has 0 aliphatic rings. The Balaban J connectivity index is 2.14. The van der Waals surface area contributed by atoms with Crippen LogP contribution in [0.4, 0.5) is 5.13 Å². The van der Waals surface area contributed by atoms with Gasteiger partial charge in [-0.25, -0.2) is 9.97 Å². The third-order valence-electron chi connectivity index (χ3n) is 1.60. The predicted molar refractivity (Wildman–Crippen MR) is 62.6 cm³/mol. The van der Waals surface area contributed by atoms with Crippen molar-refractivity contribution in [3.63, 3.8) is 0 Å². The quantitative estimate of drug-likeness (QED) is 0.873. The van der Waals surface area contributed by atoms with Crippen molar-refractivity contribution < 1.29 is 4.79 Å². The lowest BCUT2D eigenvalue weighted by Gasteiger charge is -1.98. The fraction of sp³-hybridized carbons (Fsp3) is 0. The molecule has 0 saturated carbocycles. The van der Waals surface area contributed by atoms with Crippen LogP contribution >= 0.6 is 27.3 Å². The molecular weight excluding hydrogens is 296 g/mol. The molecular formula is C8H5BrN4O2S. The van der Waals surface area contributed by atoms with E-state index in [0.717, 1.165) is 9.98 Å². The van der Waals surface area contributed by atoms with E-state index in [0.29, 0.717) is 5.13 Å². The zero-order chi connectivity index (χ0) is 11.5. The summed E-state index contributed by atoms with van der Waals surface area (Å²) in [5.41, 5.74) is -0.223. The van der Waals surface area contributed by atoms with Gasteiger partial charge in [-0.2, -0.15) is 0 Å². The number of amides is 1. The van der Waals surface area contributed by atoms with Gasteiger partial charge in [0.2, 0.25) is 0 Å². The molecule has 0 atom stereocenters. The van der Waals surface area contributed by atoms with Gasteiger partial charge in [-0.3, -0.25) is 14.9 Å². The van der Waals surface area contributed by atoms with Gasteiger partial charge in [0.05, 0.1) is 16.2 Å². The van der Waals surface area contributed by atoms with Crippen LogP contribution in [0.25, 0.3) is 0 Å². The Morgan fingerprint density at radius 1 is 1.44 bits per heavy atom. The van der Waals surface area contributed by atoms with Gasteiger partial charge in [-0.1, -0.05) is 11.3 Å². The maximum Gasteiger partial charge on any atom is 0.277 e. The van der Waals surface area contributed by atoms with Crippen LogP contribution in [-0.2, 0) is 0 Å². The van der Waals surface area contributed by atoms with E-state index in [1.165, 1.54) is 17.5 Å². The van der Waals surface area contributed by atoms with Gasteiger partial charge >= 0.3 is 0 Å². The molecule has 82 valence electrons. The molecule has 8 heteroatoms. The van der Waals surface area contributed by atoms with E-state index >= 15 is 0 Å². The van der Waals surface area contributed by atoms with Crippen LogP contribution in [0, 0.1) is 0 Å². The van der Waals surface area contributed by atoms with Crippen LogP contribution in [0.2, 0.25) is 0 Å². The first-order valence-electron chi connectivity index (χ1n) is 4.12. The molecule has 2 rings (SSSR count). The molecule has 0 radical (unpaired) electrons. The first-order chi connectivity index (χ1) is 7.65. The summed E-state index contributed by atoms with van der Waals surface area (Å²) in [6, 6.07) is 0. The van der Waals surface area contributed by atoms with Crippen LogP contribution < -0.4 is 10.9 Å². The molecule has 0 aromatic carbocycles. The third kappa shape index (κ3) is 2.52. The topological polar surface area (TPSA) is 87.7 Å². The minimum Gasteiger partial charge on any atom is -0.325 e. The number of aromatic amines is 1. The van der Waals surface area contributed by atoms with E-state index in [9.17, 15) is 9.59 Å². The zero-order valence-electron chi connectivity index (χ0n) is 7.73. The zero-order valence-corrected chi connectivity index (χ0v) is 10.1. The van der Waals surface area contributed by atoms with Gasteiger partial charge in [0, 0.05) is 6.20 Å². The molecule has 0 spiro atoms. The smallest absolute Gasteiger partial charge is 0.277 e.